The summed E-state index contributed by atoms with van der Waals surface area (Å²) in [6, 6.07) is -0.0782. The molecule has 1 rings (SSSR count). The minimum absolute atomic E-state index is 0.0104. The first-order valence-corrected chi connectivity index (χ1v) is 5.89. The van der Waals surface area contributed by atoms with Crippen LogP contribution in [0.4, 0.5) is 0 Å². The van der Waals surface area contributed by atoms with Gasteiger partial charge in [0.1, 0.15) is 0 Å². The molecule has 1 aliphatic heterocycles. The molecule has 13 heavy (non-hydrogen) atoms. The van der Waals surface area contributed by atoms with Crippen molar-refractivity contribution in [3.05, 3.63) is 0 Å². The smallest absolute Gasteiger partial charge is 0.279 e. The molecule has 0 radical (unpaired) electrons. The lowest BCUT2D eigenvalue weighted by molar-refractivity contribution is 0.454. The number of rotatable bonds is 3. The summed E-state index contributed by atoms with van der Waals surface area (Å²) in [5, 5.41) is 0. The van der Waals surface area contributed by atoms with E-state index in [0.29, 0.717) is 13.1 Å². The van der Waals surface area contributed by atoms with E-state index in [9.17, 15) is 8.42 Å². The van der Waals surface area contributed by atoms with Gasteiger partial charge >= 0.3 is 0 Å². The third-order valence-corrected chi connectivity index (χ3v) is 3.69. The van der Waals surface area contributed by atoms with Crippen molar-refractivity contribution in [3.8, 4) is 0 Å². The molecule has 0 aromatic heterocycles. The molecule has 0 aromatic carbocycles. The third kappa shape index (κ3) is 2.91. The van der Waals surface area contributed by atoms with Gasteiger partial charge < -0.3 is 5.73 Å². The second kappa shape index (κ2) is 3.91. The summed E-state index contributed by atoms with van der Waals surface area (Å²) < 4.78 is 27.0. The van der Waals surface area contributed by atoms with Crippen LogP contribution in [0.2, 0.25) is 0 Å². The van der Waals surface area contributed by atoms with Crippen molar-refractivity contribution in [1.82, 2.24) is 9.03 Å². The van der Waals surface area contributed by atoms with E-state index in [1.54, 1.807) is 13.8 Å². The van der Waals surface area contributed by atoms with Crippen LogP contribution in [0.15, 0.2) is 0 Å². The van der Waals surface area contributed by atoms with E-state index < -0.39 is 10.2 Å². The van der Waals surface area contributed by atoms with Crippen LogP contribution >= 0.6 is 0 Å². The Morgan fingerprint density at radius 1 is 1.54 bits per heavy atom. The fourth-order valence-electron chi connectivity index (χ4n) is 1.34. The van der Waals surface area contributed by atoms with Gasteiger partial charge in [-0.2, -0.15) is 17.4 Å². The van der Waals surface area contributed by atoms with Gasteiger partial charge in [0, 0.05) is 25.2 Å². The molecule has 0 aliphatic carbocycles. The maximum absolute atomic E-state index is 11.5. The van der Waals surface area contributed by atoms with E-state index in [-0.39, 0.29) is 12.1 Å². The topological polar surface area (TPSA) is 75.4 Å². The van der Waals surface area contributed by atoms with Gasteiger partial charge in [0.15, 0.2) is 0 Å². The quantitative estimate of drug-likeness (QED) is 0.640. The molecule has 1 saturated heterocycles. The number of nitrogens with zero attached hydrogens (tertiary/aromatic N) is 1. The number of hydrogen-bond donors (Lipinski definition) is 2. The molecular formula is C7H17N3O2S. The fraction of sp³-hybridized carbons (Fsp3) is 1.00. The lowest BCUT2D eigenvalue weighted by atomic mass is 10.3. The highest BCUT2D eigenvalue weighted by molar-refractivity contribution is 7.87. The number of nitrogens with two attached hydrogens (primary N) is 1. The minimum Gasteiger partial charge on any atom is -0.326 e. The Kier molecular flexibility index (Phi) is 3.28. The number of hydrogen-bond acceptors (Lipinski definition) is 3. The Morgan fingerprint density at radius 2 is 2.15 bits per heavy atom. The van der Waals surface area contributed by atoms with Crippen LogP contribution in [0, 0.1) is 0 Å². The predicted molar refractivity (Wildman–Crippen MR) is 51.4 cm³/mol. The van der Waals surface area contributed by atoms with Crippen molar-refractivity contribution < 1.29 is 8.42 Å². The minimum atomic E-state index is -3.29. The first-order chi connectivity index (χ1) is 5.92. The third-order valence-electron chi connectivity index (χ3n) is 1.91. The molecule has 1 atom stereocenters. The highest BCUT2D eigenvalue weighted by Crippen LogP contribution is 2.10. The maximum atomic E-state index is 11.5. The summed E-state index contributed by atoms with van der Waals surface area (Å²) in [4.78, 5) is 0. The molecule has 1 aliphatic rings. The average molecular weight is 207 g/mol. The summed E-state index contributed by atoms with van der Waals surface area (Å²) in [7, 11) is -3.29. The second-order valence-electron chi connectivity index (χ2n) is 3.68. The van der Waals surface area contributed by atoms with E-state index in [1.807, 2.05) is 0 Å². The average Bonchev–Trinajstić information content (AvgIpc) is 2.32. The SMILES string of the molecule is CC(C)NS(=O)(=O)N1CC[C@H](N)C1. The molecule has 0 bridgehead atoms. The Balaban J connectivity index is 2.60. The Morgan fingerprint density at radius 3 is 2.54 bits per heavy atom. The van der Waals surface area contributed by atoms with E-state index in [1.165, 1.54) is 4.31 Å². The molecule has 0 saturated carbocycles. The normalized spacial score (nSPS) is 25.7. The van der Waals surface area contributed by atoms with Crippen molar-refractivity contribution in [2.45, 2.75) is 32.4 Å². The highest BCUT2D eigenvalue weighted by Gasteiger charge is 2.29. The lowest BCUT2D eigenvalue weighted by Crippen LogP contribution is -2.43. The molecule has 0 amide bonds. The molecule has 1 fully saturated rings. The summed E-state index contributed by atoms with van der Waals surface area (Å²) in [5.41, 5.74) is 5.62. The van der Waals surface area contributed by atoms with Gasteiger partial charge in [0.2, 0.25) is 0 Å². The zero-order chi connectivity index (χ0) is 10.1. The van der Waals surface area contributed by atoms with Crippen molar-refractivity contribution in [2.75, 3.05) is 13.1 Å². The monoisotopic (exact) mass is 207 g/mol. The largest absolute Gasteiger partial charge is 0.326 e. The molecule has 5 nitrogen and oxygen atoms in total. The zero-order valence-corrected chi connectivity index (χ0v) is 8.84. The van der Waals surface area contributed by atoms with E-state index in [4.69, 9.17) is 5.73 Å². The van der Waals surface area contributed by atoms with Gasteiger partial charge in [0.25, 0.3) is 10.2 Å². The molecular weight excluding hydrogens is 190 g/mol. The van der Waals surface area contributed by atoms with Gasteiger partial charge in [-0.1, -0.05) is 0 Å². The van der Waals surface area contributed by atoms with E-state index in [0.717, 1.165) is 6.42 Å². The molecule has 6 heteroatoms. The van der Waals surface area contributed by atoms with Crippen LogP contribution in [0.5, 0.6) is 0 Å². The van der Waals surface area contributed by atoms with Gasteiger partial charge in [-0.3, -0.25) is 0 Å². The summed E-state index contributed by atoms with van der Waals surface area (Å²) in [5.74, 6) is 0. The highest BCUT2D eigenvalue weighted by atomic mass is 32.2. The van der Waals surface area contributed by atoms with Crippen LogP contribution in [-0.2, 0) is 10.2 Å². The zero-order valence-electron chi connectivity index (χ0n) is 8.03. The predicted octanol–water partition coefficient (Wildman–Crippen LogP) is -0.738. The van der Waals surface area contributed by atoms with Crippen LogP contribution in [-0.4, -0.2) is 37.9 Å². The van der Waals surface area contributed by atoms with Gasteiger partial charge in [-0.25, -0.2) is 0 Å². The molecule has 3 N–H and O–H groups in total. The lowest BCUT2D eigenvalue weighted by Gasteiger charge is -2.18. The molecule has 1 heterocycles. The van der Waals surface area contributed by atoms with Crippen LogP contribution in [0.3, 0.4) is 0 Å². The molecule has 0 unspecified atom stereocenters. The van der Waals surface area contributed by atoms with Crippen molar-refractivity contribution in [2.24, 2.45) is 5.73 Å². The van der Waals surface area contributed by atoms with E-state index >= 15 is 0 Å². The van der Waals surface area contributed by atoms with Crippen molar-refractivity contribution in [1.29, 1.82) is 0 Å². The summed E-state index contributed by atoms with van der Waals surface area (Å²) in [6.07, 6.45) is 0.749. The van der Waals surface area contributed by atoms with Crippen LogP contribution in [0.1, 0.15) is 20.3 Å². The van der Waals surface area contributed by atoms with Gasteiger partial charge in [0.05, 0.1) is 0 Å². The standard InChI is InChI=1S/C7H17N3O2S/c1-6(2)9-13(11,12)10-4-3-7(8)5-10/h6-7,9H,3-5,8H2,1-2H3/t7-/m0/s1. The second-order valence-corrected chi connectivity index (χ2v) is 5.39. The van der Waals surface area contributed by atoms with Gasteiger partial charge in [-0.05, 0) is 20.3 Å². The Labute approximate surface area is 79.5 Å². The maximum Gasteiger partial charge on any atom is 0.279 e. The first kappa shape index (κ1) is 10.9. The summed E-state index contributed by atoms with van der Waals surface area (Å²) in [6.45, 7) is 4.56. The van der Waals surface area contributed by atoms with Crippen molar-refractivity contribution >= 4 is 10.2 Å². The Hall–Kier alpha value is -0.170. The molecule has 0 aromatic rings. The summed E-state index contributed by atoms with van der Waals surface area (Å²) >= 11 is 0. The van der Waals surface area contributed by atoms with Gasteiger partial charge in [-0.15, -0.1) is 0 Å². The molecule has 78 valence electrons. The Bertz CT molecular complexity index is 263. The fourth-order valence-corrected chi connectivity index (χ4v) is 2.82. The van der Waals surface area contributed by atoms with Crippen LogP contribution in [0.25, 0.3) is 0 Å². The molecule has 0 spiro atoms. The van der Waals surface area contributed by atoms with Crippen LogP contribution < -0.4 is 10.5 Å². The van der Waals surface area contributed by atoms with Crippen molar-refractivity contribution in [3.63, 3.8) is 0 Å². The van der Waals surface area contributed by atoms with E-state index in [2.05, 4.69) is 4.72 Å². The first-order valence-electron chi connectivity index (χ1n) is 4.45. The number of nitrogens with one attached hydrogen (secondary N) is 1.